The maximum absolute atomic E-state index is 12.1. The van der Waals surface area contributed by atoms with Gasteiger partial charge in [-0.2, -0.15) is 5.48 Å². The van der Waals surface area contributed by atoms with Crippen molar-refractivity contribution in [3.8, 4) is 0 Å². The molecule has 106 valence electrons. The summed E-state index contributed by atoms with van der Waals surface area (Å²) in [5.74, 6) is 0.862. The molecule has 1 N–H and O–H groups in total. The van der Waals surface area contributed by atoms with E-state index in [2.05, 4.69) is 44.5 Å². The molecule has 2 aliphatic carbocycles. The molecular formula is C16H25NO2. The third kappa shape index (κ3) is 3.54. The third-order valence-electron chi connectivity index (χ3n) is 4.03. The lowest BCUT2D eigenvalue weighted by Crippen LogP contribution is -2.48. The maximum Gasteiger partial charge on any atom is 0.164 e. The zero-order chi connectivity index (χ0) is 13.9. The first-order valence-corrected chi connectivity index (χ1v) is 7.34. The fourth-order valence-corrected chi connectivity index (χ4v) is 2.99. The molecule has 3 nitrogen and oxygen atoms in total. The normalized spacial score (nSPS) is 30.5. The third-order valence-corrected chi connectivity index (χ3v) is 4.03. The Bertz CT molecular complexity index is 384. The van der Waals surface area contributed by atoms with Crippen molar-refractivity contribution in [3.63, 3.8) is 0 Å². The van der Waals surface area contributed by atoms with E-state index in [4.69, 9.17) is 4.84 Å². The molecule has 2 rings (SSSR count). The van der Waals surface area contributed by atoms with Gasteiger partial charge in [-0.15, -0.1) is 0 Å². The Morgan fingerprint density at radius 3 is 2.84 bits per heavy atom. The zero-order valence-electron chi connectivity index (χ0n) is 12.2. The minimum atomic E-state index is -0.337. The first-order chi connectivity index (χ1) is 9.03. The largest absolute Gasteiger partial charge is 0.297 e. The van der Waals surface area contributed by atoms with Crippen molar-refractivity contribution < 1.29 is 9.63 Å². The molecule has 2 aliphatic rings. The number of carbonyl (C=O) groups excluding carboxylic acids is 1. The minimum Gasteiger partial charge on any atom is -0.297 e. The number of Topliss-reactive ketones (excluding diaryl/α,β-unsaturated/α-hetero) is 1. The molecule has 19 heavy (non-hydrogen) atoms. The van der Waals surface area contributed by atoms with Gasteiger partial charge in [0.05, 0.1) is 0 Å². The molecule has 0 aromatic heterocycles. The van der Waals surface area contributed by atoms with E-state index in [9.17, 15) is 4.79 Å². The average Bonchev–Trinajstić information content (AvgIpc) is 2.37. The monoisotopic (exact) mass is 263 g/mol. The van der Waals surface area contributed by atoms with Crippen LogP contribution in [0.3, 0.4) is 0 Å². The summed E-state index contributed by atoms with van der Waals surface area (Å²) in [6, 6.07) is 0. The molecule has 0 heterocycles. The fourth-order valence-electron chi connectivity index (χ4n) is 2.99. The van der Waals surface area contributed by atoms with Crippen LogP contribution in [0.25, 0.3) is 0 Å². The molecule has 3 unspecified atom stereocenters. The van der Waals surface area contributed by atoms with Crippen LogP contribution in [-0.2, 0) is 9.63 Å². The van der Waals surface area contributed by atoms with Gasteiger partial charge in [-0.3, -0.25) is 9.63 Å². The number of ketones is 1. The van der Waals surface area contributed by atoms with Gasteiger partial charge >= 0.3 is 0 Å². The lowest BCUT2D eigenvalue weighted by atomic mass is 9.74. The predicted molar refractivity (Wildman–Crippen MR) is 76.5 cm³/mol. The molecule has 0 amide bonds. The van der Waals surface area contributed by atoms with Gasteiger partial charge in [0.25, 0.3) is 0 Å². The van der Waals surface area contributed by atoms with Crippen LogP contribution in [0.15, 0.2) is 24.3 Å². The van der Waals surface area contributed by atoms with Gasteiger partial charge < -0.3 is 0 Å². The van der Waals surface area contributed by atoms with Crippen LogP contribution in [0.5, 0.6) is 0 Å². The van der Waals surface area contributed by atoms with Crippen LogP contribution >= 0.6 is 0 Å². The van der Waals surface area contributed by atoms with Crippen LogP contribution in [0.1, 0.15) is 46.5 Å². The second-order valence-corrected chi connectivity index (χ2v) is 6.29. The number of hydroxylamine groups is 1. The number of rotatable bonds is 5. The number of fused-ring (bicyclic) bond motifs is 1. The first kappa shape index (κ1) is 14.5. The van der Waals surface area contributed by atoms with E-state index < -0.39 is 0 Å². The Hall–Kier alpha value is -0.930. The standard InChI is InChI=1S/C16H25NO2/c1-4-11-16(2,3)17-19-15-13-8-6-5-7-12(13)9-10-14(15)18/h5-8,12-13,15,17H,4,9-11H2,1-3H3. The molecule has 3 heteroatoms. The van der Waals surface area contributed by atoms with E-state index in [1.807, 2.05) is 6.08 Å². The molecule has 0 saturated heterocycles. The van der Waals surface area contributed by atoms with Crippen molar-refractivity contribution >= 4 is 5.78 Å². The topological polar surface area (TPSA) is 38.3 Å². The van der Waals surface area contributed by atoms with Crippen molar-refractivity contribution in [2.24, 2.45) is 11.8 Å². The van der Waals surface area contributed by atoms with Gasteiger partial charge in [-0.05, 0) is 32.6 Å². The highest BCUT2D eigenvalue weighted by Gasteiger charge is 2.38. The summed E-state index contributed by atoms with van der Waals surface area (Å²) in [5, 5.41) is 0. The van der Waals surface area contributed by atoms with Crippen LogP contribution in [0, 0.1) is 11.8 Å². The molecule has 0 radical (unpaired) electrons. The highest BCUT2D eigenvalue weighted by atomic mass is 16.7. The van der Waals surface area contributed by atoms with Gasteiger partial charge in [-0.25, -0.2) is 0 Å². The van der Waals surface area contributed by atoms with Crippen LogP contribution in [-0.4, -0.2) is 17.4 Å². The van der Waals surface area contributed by atoms with Gasteiger partial charge in [-0.1, -0.05) is 37.6 Å². The van der Waals surface area contributed by atoms with E-state index in [-0.39, 0.29) is 23.3 Å². The number of allylic oxidation sites excluding steroid dienone is 3. The molecule has 1 fully saturated rings. The second-order valence-electron chi connectivity index (χ2n) is 6.29. The van der Waals surface area contributed by atoms with Crippen molar-refractivity contribution in [1.29, 1.82) is 0 Å². The molecule has 0 bridgehead atoms. The number of hydrogen-bond donors (Lipinski definition) is 1. The smallest absolute Gasteiger partial charge is 0.164 e. The summed E-state index contributed by atoms with van der Waals surface area (Å²) < 4.78 is 0. The van der Waals surface area contributed by atoms with Crippen molar-refractivity contribution in [3.05, 3.63) is 24.3 Å². The van der Waals surface area contributed by atoms with Gasteiger partial charge in [0.15, 0.2) is 5.78 Å². The van der Waals surface area contributed by atoms with E-state index >= 15 is 0 Å². The molecule has 3 atom stereocenters. The lowest BCUT2D eigenvalue weighted by molar-refractivity contribution is -0.151. The van der Waals surface area contributed by atoms with E-state index in [0.29, 0.717) is 12.3 Å². The van der Waals surface area contributed by atoms with Gasteiger partial charge in [0.2, 0.25) is 0 Å². The number of carbonyl (C=O) groups is 1. The van der Waals surface area contributed by atoms with Crippen LogP contribution < -0.4 is 5.48 Å². The minimum absolute atomic E-state index is 0.0871. The highest BCUT2D eigenvalue weighted by Crippen LogP contribution is 2.34. The summed E-state index contributed by atoms with van der Waals surface area (Å²) >= 11 is 0. The molecule has 1 saturated carbocycles. The summed E-state index contributed by atoms with van der Waals surface area (Å²) in [6.07, 6.45) is 11.8. The van der Waals surface area contributed by atoms with E-state index in [1.165, 1.54) is 0 Å². The Balaban J connectivity index is 1.99. The van der Waals surface area contributed by atoms with E-state index in [1.54, 1.807) is 0 Å². The summed E-state index contributed by atoms with van der Waals surface area (Å²) in [7, 11) is 0. The summed E-state index contributed by atoms with van der Waals surface area (Å²) in [5.41, 5.74) is 3.03. The van der Waals surface area contributed by atoms with Crippen LogP contribution in [0.2, 0.25) is 0 Å². The lowest BCUT2D eigenvalue weighted by Gasteiger charge is -2.37. The second kappa shape index (κ2) is 6.02. The van der Waals surface area contributed by atoms with Crippen molar-refractivity contribution in [1.82, 2.24) is 5.48 Å². The number of hydrogen-bond acceptors (Lipinski definition) is 3. The molecule has 0 spiro atoms. The van der Waals surface area contributed by atoms with Gasteiger partial charge in [0, 0.05) is 17.9 Å². The SMILES string of the molecule is CCCC(C)(C)NOC1C(=O)CCC2C=CC=CC21. The van der Waals surface area contributed by atoms with Crippen LogP contribution in [0.4, 0.5) is 0 Å². The van der Waals surface area contributed by atoms with Crippen molar-refractivity contribution in [2.75, 3.05) is 0 Å². The zero-order valence-corrected chi connectivity index (χ0v) is 12.2. The Morgan fingerprint density at radius 1 is 1.37 bits per heavy atom. The summed E-state index contributed by atoms with van der Waals surface area (Å²) in [6.45, 7) is 6.37. The summed E-state index contributed by atoms with van der Waals surface area (Å²) in [4.78, 5) is 17.9. The fraction of sp³-hybridized carbons (Fsp3) is 0.688. The molecule has 0 aliphatic heterocycles. The Labute approximate surface area is 116 Å². The first-order valence-electron chi connectivity index (χ1n) is 7.34. The molecule has 0 aromatic carbocycles. The number of nitrogens with one attached hydrogen (secondary N) is 1. The van der Waals surface area contributed by atoms with Crippen molar-refractivity contribution in [2.45, 2.75) is 58.1 Å². The average molecular weight is 263 g/mol. The Kier molecular flexibility index (Phi) is 4.58. The quantitative estimate of drug-likeness (QED) is 0.774. The van der Waals surface area contributed by atoms with E-state index in [0.717, 1.165) is 19.3 Å². The molecule has 0 aromatic rings. The van der Waals surface area contributed by atoms with Gasteiger partial charge in [0.1, 0.15) is 6.10 Å². The highest BCUT2D eigenvalue weighted by molar-refractivity contribution is 5.84. The predicted octanol–water partition coefficient (Wildman–Crippen LogP) is 3.18. The Morgan fingerprint density at radius 2 is 2.11 bits per heavy atom. The maximum atomic E-state index is 12.1. The molecular weight excluding hydrogens is 238 g/mol.